The fourth-order valence-corrected chi connectivity index (χ4v) is 2.12. The van der Waals surface area contributed by atoms with Gasteiger partial charge in [0, 0.05) is 0 Å². The Morgan fingerprint density at radius 1 is 1.27 bits per heavy atom. The van der Waals surface area contributed by atoms with Gasteiger partial charge in [0.2, 0.25) is 0 Å². The minimum absolute atomic E-state index is 0.422. The highest BCUT2D eigenvalue weighted by Gasteiger charge is 2.16. The number of aliphatic carboxylic acids is 1. The molecule has 26 heavy (non-hydrogen) atoms. The van der Waals surface area contributed by atoms with E-state index < -0.39 is 24.2 Å². The second kappa shape index (κ2) is 11.3. The van der Waals surface area contributed by atoms with Gasteiger partial charge in [-0.05, 0) is 63.7 Å². The summed E-state index contributed by atoms with van der Waals surface area (Å²) in [4.78, 5) is 20.8. The number of hydrogen-bond donors (Lipinski definition) is 2. The van der Waals surface area contributed by atoms with Gasteiger partial charge < -0.3 is 15.2 Å². The maximum atomic E-state index is 10.8. The Morgan fingerprint density at radius 2 is 1.85 bits per heavy atom. The predicted molar refractivity (Wildman–Crippen MR) is 106 cm³/mol. The average Bonchev–Trinajstić information content (AvgIpc) is 2.57. The SMILES string of the molecule is C/C=C(/C)c1ccccc1C(C)CC.CC(C)(C)OC(=O)NCC(=O)O. The van der Waals surface area contributed by atoms with Crippen LogP contribution in [0.1, 0.15) is 71.9 Å². The third-order valence-corrected chi connectivity index (χ3v) is 3.74. The van der Waals surface area contributed by atoms with Gasteiger partial charge in [-0.2, -0.15) is 0 Å². The summed E-state index contributed by atoms with van der Waals surface area (Å²) in [6, 6.07) is 8.72. The van der Waals surface area contributed by atoms with Crippen molar-refractivity contribution in [3.8, 4) is 0 Å². The quantitative estimate of drug-likeness (QED) is 0.752. The summed E-state index contributed by atoms with van der Waals surface area (Å²) >= 11 is 0. The van der Waals surface area contributed by atoms with Crippen molar-refractivity contribution in [2.75, 3.05) is 6.54 Å². The lowest BCUT2D eigenvalue weighted by Gasteiger charge is -2.19. The van der Waals surface area contributed by atoms with Gasteiger partial charge in [0.25, 0.3) is 0 Å². The Labute approximate surface area is 157 Å². The fraction of sp³-hybridized carbons (Fsp3) is 0.524. The summed E-state index contributed by atoms with van der Waals surface area (Å²) < 4.78 is 4.77. The zero-order chi connectivity index (χ0) is 20.3. The van der Waals surface area contributed by atoms with Crippen LogP contribution in [0.25, 0.3) is 5.57 Å². The van der Waals surface area contributed by atoms with E-state index >= 15 is 0 Å². The number of ether oxygens (including phenoxy) is 1. The van der Waals surface area contributed by atoms with Crippen LogP contribution in [-0.4, -0.2) is 29.3 Å². The molecule has 0 aliphatic heterocycles. The molecule has 5 heteroatoms. The lowest BCUT2D eigenvalue weighted by Crippen LogP contribution is -2.35. The number of carbonyl (C=O) groups is 2. The molecular formula is C21H33NO4. The van der Waals surface area contributed by atoms with E-state index in [1.165, 1.54) is 23.1 Å². The first kappa shape index (κ1) is 23.7. The highest BCUT2D eigenvalue weighted by Crippen LogP contribution is 2.27. The molecule has 1 amide bonds. The van der Waals surface area contributed by atoms with Crippen LogP contribution in [0.2, 0.25) is 0 Å². The number of carbonyl (C=O) groups excluding carboxylic acids is 1. The number of benzene rings is 1. The standard InChI is InChI=1S/C14H20.C7H13NO4/c1-5-11(3)13-9-7-8-10-14(13)12(4)6-2;1-7(2,3)12-6(11)8-4-5(9)10/h5,7-10,12H,6H2,1-4H3;4H2,1-3H3,(H,8,11)(H,9,10)/b11-5-;. The van der Waals surface area contributed by atoms with Crippen LogP contribution in [0.4, 0.5) is 4.79 Å². The number of carboxylic acid groups (broad SMARTS) is 1. The molecule has 0 bridgehead atoms. The van der Waals surface area contributed by atoms with Gasteiger partial charge in [-0.3, -0.25) is 4.79 Å². The molecule has 0 fully saturated rings. The van der Waals surface area contributed by atoms with Gasteiger partial charge in [0.05, 0.1) is 0 Å². The maximum absolute atomic E-state index is 10.8. The zero-order valence-electron chi connectivity index (χ0n) is 17.1. The second-order valence-corrected chi connectivity index (χ2v) is 7.12. The molecule has 1 aromatic rings. The number of carboxylic acids is 1. The van der Waals surface area contributed by atoms with Crippen molar-refractivity contribution in [3.63, 3.8) is 0 Å². The molecule has 0 saturated heterocycles. The molecule has 1 unspecified atom stereocenters. The van der Waals surface area contributed by atoms with Gasteiger partial charge >= 0.3 is 12.1 Å². The van der Waals surface area contributed by atoms with Crippen LogP contribution in [0.3, 0.4) is 0 Å². The molecule has 1 rings (SSSR count). The number of alkyl carbamates (subject to hydrolysis) is 1. The summed E-state index contributed by atoms with van der Waals surface area (Å²) in [5.74, 6) is -0.443. The first-order valence-corrected chi connectivity index (χ1v) is 8.92. The topological polar surface area (TPSA) is 75.6 Å². The van der Waals surface area contributed by atoms with Gasteiger partial charge in [-0.25, -0.2) is 4.79 Å². The molecule has 146 valence electrons. The Kier molecular flexibility index (Phi) is 10.3. The molecule has 0 aromatic heterocycles. The van der Waals surface area contributed by atoms with E-state index in [0.717, 1.165) is 0 Å². The van der Waals surface area contributed by atoms with Crippen molar-refractivity contribution in [2.24, 2.45) is 0 Å². The Morgan fingerprint density at radius 3 is 2.31 bits per heavy atom. The summed E-state index contributed by atoms with van der Waals surface area (Å²) in [7, 11) is 0. The van der Waals surface area contributed by atoms with E-state index in [1.807, 2.05) is 0 Å². The zero-order valence-corrected chi connectivity index (χ0v) is 17.1. The molecule has 0 aliphatic rings. The minimum Gasteiger partial charge on any atom is -0.480 e. The van der Waals surface area contributed by atoms with E-state index in [2.05, 4.69) is 63.4 Å². The summed E-state index contributed by atoms with van der Waals surface area (Å²) in [5, 5.41) is 10.3. The number of amides is 1. The number of nitrogens with one attached hydrogen (secondary N) is 1. The van der Waals surface area contributed by atoms with Gasteiger partial charge in [-0.1, -0.05) is 44.2 Å². The summed E-state index contributed by atoms with van der Waals surface area (Å²) in [6.07, 6.45) is 2.67. The minimum atomic E-state index is -1.10. The fourth-order valence-electron chi connectivity index (χ4n) is 2.12. The molecule has 1 atom stereocenters. The normalized spacial score (nSPS) is 12.5. The molecule has 2 N–H and O–H groups in total. The van der Waals surface area contributed by atoms with Crippen molar-refractivity contribution in [1.82, 2.24) is 5.32 Å². The largest absolute Gasteiger partial charge is 0.480 e. The molecule has 0 radical (unpaired) electrons. The number of allylic oxidation sites excluding steroid dienone is 2. The van der Waals surface area contributed by atoms with Gasteiger partial charge in [0.1, 0.15) is 12.1 Å². The molecule has 0 heterocycles. The maximum Gasteiger partial charge on any atom is 0.408 e. The van der Waals surface area contributed by atoms with Crippen molar-refractivity contribution in [2.45, 2.75) is 66.4 Å². The Bertz CT molecular complexity index is 615. The first-order valence-electron chi connectivity index (χ1n) is 8.92. The van der Waals surface area contributed by atoms with Crippen LogP contribution >= 0.6 is 0 Å². The highest BCUT2D eigenvalue weighted by molar-refractivity contribution is 5.76. The third-order valence-electron chi connectivity index (χ3n) is 3.74. The summed E-state index contributed by atoms with van der Waals surface area (Å²) in [6.45, 7) is 13.5. The number of hydrogen-bond acceptors (Lipinski definition) is 3. The number of rotatable bonds is 5. The smallest absolute Gasteiger partial charge is 0.408 e. The molecule has 0 aliphatic carbocycles. The lowest BCUT2D eigenvalue weighted by atomic mass is 9.90. The van der Waals surface area contributed by atoms with Crippen LogP contribution in [0, 0.1) is 0 Å². The monoisotopic (exact) mass is 363 g/mol. The van der Waals surface area contributed by atoms with Crippen LogP contribution < -0.4 is 5.32 Å². The van der Waals surface area contributed by atoms with Crippen molar-refractivity contribution < 1.29 is 19.4 Å². The van der Waals surface area contributed by atoms with E-state index in [1.54, 1.807) is 20.8 Å². The van der Waals surface area contributed by atoms with E-state index in [9.17, 15) is 9.59 Å². The molecule has 1 aromatic carbocycles. The van der Waals surface area contributed by atoms with Crippen molar-refractivity contribution in [3.05, 3.63) is 41.5 Å². The Balaban J connectivity index is 0.000000488. The lowest BCUT2D eigenvalue weighted by molar-refractivity contribution is -0.136. The first-order chi connectivity index (χ1) is 12.0. The highest BCUT2D eigenvalue weighted by atomic mass is 16.6. The van der Waals surface area contributed by atoms with E-state index in [0.29, 0.717) is 5.92 Å². The summed E-state index contributed by atoms with van der Waals surface area (Å²) in [5.41, 5.74) is 3.67. The second-order valence-electron chi connectivity index (χ2n) is 7.12. The van der Waals surface area contributed by atoms with Gasteiger partial charge in [0.15, 0.2) is 0 Å². The van der Waals surface area contributed by atoms with Gasteiger partial charge in [-0.15, -0.1) is 0 Å². The van der Waals surface area contributed by atoms with Crippen molar-refractivity contribution >= 4 is 17.6 Å². The van der Waals surface area contributed by atoms with E-state index in [4.69, 9.17) is 9.84 Å². The van der Waals surface area contributed by atoms with Crippen LogP contribution in [-0.2, 0) is 9.53 Å². The van der Waals surface area contributed by atoms with Crippen LogP contribution in [0.5, 0.6) is 0 Å². The predicted octanol–water partition coefficient (Wildman–Crippen LogP) is 5.22. The van der Waals surface area contributed by atoms with E-state index in [-0.39, 0.29) is 0 Å². The molecule has 0 spiro atoms. The Hall–Kier alpha value is -2.30. The molecule has 5 nitrogen and oxygen atoms in total. The molecule has 0 saturated carbocycles. The van der Waals surface area contributed by atoms with Crippen molar-refractivity contribution in [1.29, 1.82) is 0 Å². The van der Waals surface area contributed by atoms with Crippen LogP contribution in [0.15, 0.2) is 30.3 Å². The molecular weight excluding hydrogens is 330 g/mol. The third kappa shape index (κ3) is 9.87. The average molecular weight is 363 g/mol.